The van der Waals surface area contributed by atoms with Gasteiger partial charge in [0, 0.05) is 22.4 Å². The van der Waals surface area contributed by atoms with E-state index in [0.717, 1.165) is 24.9 Å². The number of aliphatic hydroxyl groups is 1. The molecule has 210 valence electrons. The average molecular weight is 545 g/mol. The number of anilines is 1. The molecule has 9 nitrogen and oxygen atoms in total. The van der Waals surface area contributed by atoms with Gasteiger partial charge >= 0.3 is 0 Å². The van der Waals surface area contributed by atoms with Crippen molar-refractivity contribution in [1.29, 1.82) is 0 Å². The van der Waals surface area contributed by atoms with Crippen molar-refractivity contribution >= 4 is 23.4 Å². The summed E-state index contributed by atoms with van der Waals surface area (Å²) in [7, 11) is 0. The second-order valence-electron chi connectivity index (χ2n) is 8.89. The number of hydroxylamine groups is 1. The Morgan fingerprint density at radius 1 is 0.875 bits per heavy atom. The third-order valence-electron chi connectivity index (χ3n) is 5.78. The van der Waals surface area contributed by atoms with Crippen LogP contribution in [0.1, 0.15) is 47.8 Å². The molecular formula is C31H36N4O5. The first kappa shape index (κ1) is 31.7. The zero-order valence-corrected chi connectivity index (χ0v) is 21.6. The summed E-state index contributed by atoms with van der Waals surface area (Å²) in [6.45, 7) is 2.32. The number of rotatable bonds is 11. The van der Waals surface area contributed by atoms with Crippen molar-refractivity contribution in [2.24, 2.45) is 0 Å². The summed E-state index contributed by atoms with van der Waals surface area (Å²) in [4.78, 5) is 36.1. The van der Waals surface area contributed by atoms with Crippen molar-refractivity contribution in [3.8, 4) is 11.8 Å². The molecule has 0 radical (unpaired) electrons. The van der Waals surface area contributed by atoms with Crippen molar-refractivity contribution < 1.29 is 24.7 Å². The number of hydrogen-bond donors (Lipinski definition) is 6. The first-order valence-corrected chi connectivity index (χ1v) is 12.5. The minimum Gasteiger partial charge on any atom is -0.391 e. The van der Waals surface area contributed by atoms with Gasteiger partial charge in [-0.2, -0.15) is 0 Å². The van der Waals surface area contributed by atoms with E-state index in [4.69, 9.17) is 5.21 Å². The molecule has 3 aromatic rings. The maximum atomic E-state index is 12.4. The van der Waals surface area contributed by atoms with Crippen LogP contribution >= 0.6 is 0 Å². The molecule has 0 unspecified atom stereocenters. The predicted octanol–water partition coefficient (Wildman–Crippen LogP) is 2.87. The highest BCUT2D eigenvalue weighted by atomic mass is 16.5. The lowest BCUT2D eigenvalue weighted by Gasteiger charge is -2.19. The topological polar surface area (TPSA) is 140 Å². The molecule has 0 saturated carbocycles. The van der Waals surface area contributed by atoms with E-state index in [2.05, 4.69) is 39.9 Å². The van der Waals surface area contributed by atoms with Gasteiger partial charge in [-0.3, -0.25) is 19.6 Å². The molecule has 0 aliphatic heterocycles. The van der Waals surface area contributed by atoms with Crippen LogP contribution in [-0.2, 0) is 16.0 Å². The molecule has 0 saturated heterocycles. The SMILES string of the molecule is C.C[C@@H](O)[C@H](NC(=O)c1ccc(C#Cc2ccc(NC(=O)CNCCCc3ccccc3)cc2)cc1)C(=O)NO. The van der Waals surface area contributed by atoms with Crippen LogP contribution in [0.3, 0.4) is 0 Å². The van der Waals surface area contributed by atoms with E-state index < -0.39 is 24.0 Å². The van der Waals surface area contributed by atoms with Gasteiger partial charge in [0.05, 0.1) is 12.6 Å². The standard InChI is InChI=1S/C30H32N4O5.CH4/c1-21(35)28(30(38)34-39)33-29(37)25-15-11-23(12-16-25)9-10-24-13-17-26(18-14-24)32-27(36)20-31-19-5-8-22-6-3-2-4-7-22;/h2-4,6-7,11-18,21,28,31,35,39H,5,8,19-20H2,1H3,(H,32,36)(H,33,37)(H,34,38);1H4/t21-,28+;/m1./s1. The third-order valence-corrected chi connectivity index (χ3v) is 5.78. The largest absolute Gasteiger partial charge is 0.391 e. The monoisotopic (exact) mass is 544 g/mol. The molecule has 6 N–H and O–H groups in total. The summed E-state index contributed by atoms with van der Waals surface area (Å²) < 4.78 is 0. The number of nitrogens with one attached hydrogen (secondary N) is 4. The molecular weight excluding hydrogens is 508 g/mol. The molecule has 40 heavy (non-hydrogen) atoms. The minimum absolute atomic E-state index is 0. The zero-order valence-electron chi connectivity index (χ0n) is 21.6. The highest BCUT2D eigenvalue weighted by Crippen LogP contribution is 2.10. The van der Waals surface area contributed by atoms with Crippen molar-refractivity contribution in [2.45, 2.75) is 39.3 Å². The van der Waals surface area contributed by atoms with E-state index in [-0.39, 0.29) is 25.4 Å². The van der Waals surface area contributed by atoms with E-state index in [9.17, 15) is 19.5 Å². The summed E-state index contributed by atoms with van der Waals surface area (Å²) in [5, 5.41) is 26.8. The smallest absolute Gasteiger partial charge is 0.268 e. The second kappa shape index (κ2) is 16.5. The molecule has 3 rings (SSSR count). The van der Waals surface area contributed by atoms with Crippen LogP contribution in [0.2, 0.25) is 0 Å². The molecule has 2 atom stereocenters. The van der Waals surface area contributed by atoms with Crippen molar-refractivity contribution in [1.82, 2.24) is 16.1 Å². The number of hydrogen-bond acceptors (Lipinski definition) is 6. The Balaban J connectivity index is 0.00000560. The molecule has 3 aromatic carbocycles. The lowest BCUT2D eigenvalue weighted by Crippen LogP contribution is -2.51. The fraction of sp³-hybridized carbons (Fsp3) is 0.258. The van der Waals surface area contributed by atoms with Gasteiger partial charge < -0.3 is 21.1 Å². The normalized spacial score (nSPS) is 11.6. The summed E-state index contributed by atoms with van der Waals surface area (Å²) >= 11 is 0. The highest BCUT2D eigenvalue weighted by Gasteiger charge is 2.25. The van der Waals surface area contributed by atoms with Gasteiger partial charge in [-0.05, 0) is 80.4 Å². The Morgan fingerprint density at radius 2 is 1.48 bits per heavy atom. The summed E-state index contributed by atoms with van der Waals surface area (Å²) in [6.07, 6.45) is 0.721. The number of aryl methyl sites for hydroxylation is 1. The van der Waals surface area contributed by atoms with Gasteiger partial charge in [0.15, 0.2) is 0 Å². The molecule has 0 aliphatic carbocycles. The molecule has 9 heteroatoms. The average Bonchev–Trinajstić information content (AvgIpc) is 2.95. The first-order chi connectivity index (χ1) is 18.9. The van der Waals surface area contributed by atoms with Gasteiger partial charge in [0.25, 0.3) is 11.8 Å². The number of carbonyl (C=O) groups excluding carboxylic acids is 3. The predicted molar refractivity (Wildman–Crippen MR) is 155 cm³/mol. The Hall–Kier alpha value is -4.49. The number of aliphatic hydroxyl groups excluding tert-OH is 1. The second-order valence-corrected chi connectivity index (χ2v) is 8.89. The van der Waals surface area contributed by atoms with Crippen LogP contribution in [0.5, 0.6) is 0 Å². The van der Waals surface area contributed by atoms with E-state index in [1.54, 1.807) is 48.5 Å². The minimum atomic E-state index is -1.30. The lowest BCUT2D eigenvalue weighted by molar-refractivity contribution is -0.133. The zero-order chi connectivity index (χ0) is 28.0. The maximum Gasteiger partial charge on any atom is 0.268 e. The van der Waals surface area contributed by atoms with E-state index in [1.165, 1.54) is 18.0 Å². The molecule has 0 fully saturated rings. The molecule has 0 heterocycles. The Labute approximate surface area is 235 Å². The summed E-state index contributed by atoms with van der Waals surface area (Å²) in [6, 6.07) is 22.5. The summed E-state index contributed by atoms with van der Waals surface area (Å²) in [5.74, 6) is 4.43. The molecule has 0 aromatic heterocycles. The fourth-order valence-corrected chi connectivity index (χ4v) is 3.65. The Bertz CT molecular complexity index is 1300. The van der Waals surface area contributed by atoms with Gasteiger partial charge in [0.1, 0.15) is 6.04 Å². The summed E-state index contributed by atoms with van der Waals surface area (Å²) in [5.41, 5.74) is 5.07. The Kier molecular flexibility index (Phi) is 13.1. The van der Waals surface area contributed by atoms with Crippen molar-refractivity contribution in [2.75, 3.05) is 18.4 Å². The van der Waals surface area contributed by atoms with Gasteiger partial charge in [-0.15, -0.1) is 0 Å². The number of benzene rings is 3. The molecule has 0 spiro atoms. The quantitative estimate of drug-likeness (QED) is 0.0950. The van der Waals surface area contributed by atoms with Crippen LogP contribution in [0.25, 0.3) is 0 Å². The van der Waals surface area contributed by atoms with E-state index >= 15 is 0 Å². The fourth-order valence-electron chi connectivity index (χ4n) is 3.65. The number of amides is 3. The van der Waals surface area contributed by atoms with Crippen LogP contribution in [0.15, 0.2) is 78.9 Å². The highest BCUT2D eigenvalue weighted by molar-refractivity contribution is 5.97. The molecule has 0 aliphatic rings. The molecule has 3 amide bonds. The third kappa shape index (κ3) is 10.3. The van der Waals surface area contributed by atoms with Gasteiger partial charge in [-0.1, -0.05) is 49.6 Å². The van der Waals surface area contributed by atoms with E-state index in [1.807, 2.05) is 18.2 Å². The van der Waals surface area contributed by atoms with Crippen LogP contribution in [0, 0.1) is 11.8 Å². The van der Waals surface area contributed by atoms with Crippen molar-refractivity contribution in [3.63, 3.8) is 0 Å². The van der Waals surface area contributed by atoms with Crippen molar-refractivity contribution in [3.05, 3.63) is 101 Å². The van der Waals surface area contributed by atoms with Crippen LogP contribution < -0.4 is 21.4 Å². The van der Waals surface area contributed by atoms with E-state index in [0.29, 0.717) is 11.3 Å². The van der Waals surface area contributed by atoms with Gasteiger partial charge in [0.2, 0.25) is 5.91 Å². The maximum absolute atomic E-state index is 12.4. The number of carbonyl (C=O) groups is 3. The van der Waals surface area contributed by atoms with Crippen LogP contribution in [-0.4, -0.2) is 53.3 Å². The molecule has 0 bridgehead atoms. The first-order valence-electron chi connectivity index (χ1n) is 12.5. The Morgan fingerprint density at radius 3 is 2.05 bits per heavy atom. The lowest BCUT2D eigenvalue weighted by atomic mass is 10.1. The van der Waals surface area contributed by atoms with Gasteiger partial charge in [-0.25, -0.2) is 5.48 Å². The van der Waals surface area contributed by atoms with Crippen LogP contribution in [0.4, 0.5) is 5.69 Å².